The van der Waals surface area contributed by atoms with E-state index in [1.165, 1.54) is 6.07 Å². The highest BCUT2D eigenvalue weighted by Crippen LogP contribution is 2.32. The molecule has 82 valence electrons. The Balaban J connectivity index is 3.47. The number of aromatic nitrogens is 1. The Bertz CT molecular complexity index is 403. The van der Waals surface area contributed by atoms with Crippen molar-refractivity contribution in [3.8, 4) is 0 Å². The predicted octanol–water partition coefficient (Wildman–Crippen LogP) is 3.43. The Kier molecular flexibility index (Phi) is 3.92. The lowest BCUT2D eigenvalue weighted by Gasteiger charge is -2.05. The van der Waals surface area contributed by atoms with Crippen LogP contribution in [0.2, 0.25) is 0 Å². The zero-order chi connectivity index (χ0) is 11.6. The number of hydrogen-bond donors (Lipinski definition) is 0. The Labute approximate surface area is 96.5 Å². The van der Waals surface area contributed by atoms with Crippen LogP contribution in [0.1, 0.15) is 17.7 Å². The minimum absolute atomic E-state index is 0.0128. The van der Waals surface area contributed by atoms with Gasteiger partial charge in [-0.1, -0.05) is 0 Å². The number of nitrogens with zero attached hydrogens (tertiary/aromatic N) is 2. The van der Waals surface area contributed by atoms with Crippen LogP contribution in [-0.4, -0.2) is 9.91 Å². The molecule has 0 N–H and O–H groups in total. The number of hydrogen-bond acceptors (Lipinski definition) is 3. The van der Waals surface area contributed by atoms with E-state index < -0.39 is 22.7 Å². The van der Waals surface area contributed by atoms with Crippen LogP contribution in [0.15, 0.2) is 10.7 Å². The van der Waals surface area contributed by atoms with Crippen LogP contribution in [0.5, 0.6) is 0 Å². The summed E-state index contributed by atoms with van der Waals surface area (Å²) < 4.78 is 25.0. The monoisotopic (exact) mass is 300 g/mol. The molecule has 0 unspecified atom stereocenters. The Morgan fingerprint density at radius 1 is 1.67 bits per heavy atom. The standard InChI is InChI=1S/C7H4BrClF2N2O2/c8-4-1-3(2-9)6(13(14)15)5(12-4)7(10)11/h1,7H,2H2. The molecular formula is C7H4BrClF2N2O2. The number of rotatable bonds is 3. The molecule has 0 saturated carbocycles. The Morgan fingerprint density at radius 2 is 2.27 bits per heavy atom. The van der Waals surface area contributed by atoms with Crippen LogP contribution in [0.4, 0.5) is 14.5 Å². The van der Waals surface area contributed by atoms with Gasteiger partial charge in [0, 0.05) is 5.56 Å². The van der Waals surface area contributed by atoms with Gasteiger partial charge in [-0.05, 0) is 22.0 Å². The third-order valence-corrected chi connectivity index (χ3v) is 2.29. The largest absolute Gasteiger partial charge is 0.301 e. The van der Waals surface area contributed by atoms with E-state index in [1.807, 2.05) is 0 Å². The fraction of sp³-hybridized carbons (Fsp3) is 0.286. The fourth-order valence-electron chi connectivity index (χ4n) is 1.04. The van der Waals surface area contributed by atoms with Crippen LogP contribution in [0.25, 0.3) is 0 Å². The maximum atomic E-state index is 12.5. The molecule has 0 fully saturated rings. The van der Waals surface area contributed by atoms with E-state index in [0.29, 0.717) is 0 Å². The van der Waals surface area contributed by atoms with E-state index in [9.17, 15) is 18.9 Å². The summed E-state index contributed by atoms with van der Waals surface area (Å²) in [5, 5.41) is 10.6. The molecule has 0 aliphatic heterocycles. The van der Waals surface area contributed by atoms with E-state index in [0.717, 1.165) is 0 Å². The highest BCUT2D eigenvalue weighted by atomic mass is 79.9. The molecule has 0 radical (unpaired) electrons. The zero-order valence-corrected chi connectivity index (χ0v) is 9.43. The lowest BCUT2D eigenvalue weighted by molar-refractivity contribution is -0.387. The molecule has 0 aromatic carbocycles. The van der Waals surface area contributed by atoms with Crippen molar-refractivity contribution < 1.29 is 13.7 Å². The first-order chi connectivity index (χ1) is 6.97. The number of nitro groups is 1. The van der Waals surface area contributed by atoms with Gasteiger partial charge in [0.2, 0.25) is 0 Å². The highest BCUT2D eigenvalue weighted by Gasteiger charge is 2.27. The zero-order valence-electron chi connectivity index (χ0n) is 7.08. The maximum absolute atomic E-state index is 12.5. The van der Waals surface area contributed by atoms with E-state index >= 15 is 0 Å². The van der Waals surface area contributed by atoms with Crippen LogP contribution >= 0.6 is 27.5 Å². The minimum Gasteiger partial charge on any atom is -0.258 e. The summed E-state index contributed by atoms with van der Waals surface area (Å²) in [5.41, 5.74) is -1.58. The summed E-state index contributed by atoms with van der Waals surface area (Å²) in [7, 11) is 0. The number of alkyl halides is 3. The second kappa shape index (κ2) is 4.80. The molecule has 8 heteroatoms. The van der Waals surface area contributed by atoms with Gasteiger partial charge in [0.25, 0.3) is 6.43 Å². The van der Waals surface area contributed by atoms with Crippen molar-refractivity contribution in [2.45, 2.75) is 12.3 Å². The van der Waals surface area contributed by atoms with E-state index in [4.69, 9.17) is 11.6 Å². The Morgan fingerprint density at radius 3 is 2.67 bits per heavy atom. The molecule has 4 nitrogen and oxygen atoms in total. The SMILES string of the molecule is O=[N+]([O-])c1c(CCl)cc(Br)nc1C(F)F. The summed E-state index contributed by atoms with van der Waals surface area (Å²) >= 11 is 8.31. The third-order valence-electron chi connectivity index (χ3n) is 1.60. The molecule has 0 aliphatic carbocycles. The number of pyridine rings is 1. The summed E-state index contributed by atoms with van der Waals surface area (Å²) in [4.78, 5) is 13.0. The van der Waals surface area contributed by atoms with Gasteiger partial charge >= 0.3 is 5.69 Å². The van der Waals surface area contributed by atoms with Crippen LogP contribution < -0.4 is 0 Å². The van der Waals surface area contributed by atoms with Gasteiger partial charge in [-0.25, -0.2) is 13.8 Å². The summed E-state index contributed by atoms with van der Waals surface area (Å²) in [6.45, 7) is 0. The normalized spacial score (nSPS) is 10.7. The smallest absolute Gasteiger partial charge is 0.258 e. The molecule has 0 saturated heterocycles. The van der Waals surface area contributed by atoms with Gasteiger partial charge in [-0.3, -0.25) is 10.1 Å². The fourth-order valence-corrected chi connectivity index (χ4v) is 1.71. The van der Waals surface area contributed by atoms with Gasteiger partial charge in [0.1, 0.15) is 4.60 Å². The second-order valence-corrected chi connectivity index (χ2v) is 3.61. The van der Waals surface area contributed by atoms with Gasteiger partial charge in [0.05, 0.1) is 10.8 Å². The van der Waals surface area contributed by atoms with Crippen molar-refractivity contribution >= 4 is 33.2 Å². The molecule has 1 heterocycles. The van der Waals surface area contributed by atoms with Gasteiger partial charge < -0.3 is 0 Å². The van der Waals surface area contributed by atoms with Crippen molar-refractivity contribution in [3.63, 3.8) is 0 Å². The summed E-state index contributed by atoms with van der Waals surface area (Å²) in [6.07, 6.45) is -3.01. The number of halogens is 4. The van der Waals surface area contributed by atoms with Crippen LogP contribution in [-0.2, 0) is 5.88 Å². The van der Waals surface area contributed by atoms with Crippen molar-refractivity contribution in [1.29, 1.82) is 0 Å². The quantitative estimate of drug-likeness (QED) is 0.372. The molecule has 1 aromatic rings. The van der Waals surface area contributed by atoms with Crippen molar-refractivity contribution in [2.24, 2.45) is 0 Å². The first kappa shape index (κ1) is 12.3. The van der Waals surface area contributed by atoms with Crippen LogP contribution in [0.3, 0.4) is 0 Å². The molecular weight excluding hydrogens is 297 g/mol. The summed E-state index contributed by atoms with van der Waals surface area (Å²) in [5.74, 6) is -0.225. The average molecular weight is 301 g/mol. The maximum Gasteiger partial charge on any atom is 0.301 e. The lowest BCUT2D eigenvalue weighted by atomic mass is 10.2. The Hall–Kier alpha value is -0.820. The van der Waals surface area contributed by atoms with Crippen molar-refractivity contribution in [3.05, 3.63) is 32.0 Å². The van der Waals surface area contributed by atoms with Gasteiger partial charge in [-0.2, -0.15) is 0 Å². The lowest BCUT2D eigenvalue weighted by Crippen LogP contribution is -2.03. The minimum atomic E-state index is -3.01. The van der Waals surface area contributed by atoms with Crippen molar-refractivity contribution in [2.75, 3.05) is 0 Å². The third kappa shape index (κ3) is 2.60. The summed E-state index contributed by atoms with van der Waals surface area (Å²) in [6, 6.07) is 1.25. The predicted molar refractivity (Wildman–Crippen MR) is 53.1 cm³/mol. The molecule has 1 aromatic heterocycles. The molecule has 0 aliphatic rings. The molecule has 0 amide bonds. The van der Waals surface area contributed by atoms with E-state index in [2.05, 4.69) is 20.9 Å². The molecule has 0 atom stereocenters. The molecule has 15 heavy (non-hydrogen) atoms. The average Bonchev–Trinajstić information content (AvgIpc) is 2.15. The van der Waals surface area contributed by atoms with Gasteiger partial charge in [0.15, 0.2) is 5.69 Å². The van der Waals surface area contributed by atoms with Gasteiger partial charge in [-0.15, -0.1) is 11.6 Å². The molecule has 0 bridgehead atoms. The first-order valence-corrected chi connectivity index (χ1v) is 4.98. The highest BCUT2D eigenvalue weighted by molar-refractivity contribution is 9.10. The second-order valence-electron chi connectivity index (χ2n) is 2.53. The first-order valence-electron chi connectivity index (χ1n) is 3.65. The molecule has 0 spiro atoms. The van der Waals surface area contributed by atoms with E-state index in [-0.39, 0.29) is 16.0 Å². The molecule has 1 rings (SSSR count). The van der Waals surface area contributed by atoms with Crippen LogP contribution in [0, 0.1) is 10.1 Å². The van der Waals surface area contributed by atoms with Crippen molar-refractivity contribution in [1.82, 2.24) is 4.98 Å². The topological polar surface area (TPSA) is 56.0 Å². The van der Waals surface area contributed by atoms with E-state index in [1.54, 1.807) is 0 Å².